The molecule has 1 atom stereocenters. The Kier molecular flexibility index (Phi) is 4.45. The van der Waals surface area contributed by atoms with E-state index in [1.807, 2.05) is 6.07 Å². The lowest BCUT2D eigenvalue weighted by atomic mass is 9.97. The SMILES string of the molecule is CCOC(=O)c1cccc2c1OCC[C@@H]2NC(=O)OC. The molecular weight excluding hydrogens is 262 g/mol. The summed E-state index contributed by atoms with van der Waals surface area (Å²) in [4.78, 5) is 23.2. The van der Waals surface area contributed by atoms with Crippen molar-refractivity contribution in [3.8, 4) is 5.75 Å². The molecule has 0 saturated carbocycles. The number of rotatable bonds is 3. The Hall–Kier alpha value is -2.24. The predicted molar refractivity (Wildman–Crippen MR) is 70.8 cm³/mol. The number of benzene rings is 1. The molecule has 0 aliphatic carbocycles. The summed E-state index contributed by atoms with van der Waals surface area (Å²) in [5, 5.41) is 2.73. The van der Waals surface area contributed by atoms with Gasteiger partial charge in [0.2, 0.25) is 0 Å². The number of ether oxygens (including phenoxy) is 3. The van der Waals surface area contributed by atoms with Gasteiger partial charge in [0.1, 0.15) is 11.3 Å². The molecule has 20 heavy (non-hydrogen) atoms. The van der Waals surface area contributed by atoms with Gasteiger partial charge in [-0.1, -0.05) is 12.1 Å². The third-order valence-corrected chi connectivity index (χ3v) is 3.05. The second-order valence-corrected chi connectivity index (χ2v) is 4.27. The van der Waals surface area contributed by atoms with Crippen LogP contribution in [0.5, 0.6) is 5.75 Å². The van der Waals surface area contributed by atoms with Gasteiger partial charge in [-0.25, -0.2) is 9.59 Å². The maximum Gasteiger partial charge on any atom is 0.407 e. The molecule has 1 aliphatic heterocycles. The number of alkyl carbamates (subject to hydrolysis) is 1. The monoisotopic (exact) mass is 279 g/mol. The van der Waals surface area contributed by atoms with Crippen LogP contribution in [0, 0.1) is 0 Å². The molecule has 0 bridgehead atoms. The van der Waals surface area contributed by atoms with Crippen LogP contribution in [-0.4, -0.2) is 32.4 Å². The molecule has 0 unspecified atom stereocenters. The van der Waals surface area contributed by atoms with Crippen LogP contribution < -0.4 is 10.1 Å². The number of hydrogen-bond donors (Lipinski definition) is 1. The molecular formula is C14H17NO5. The van der Waals surface area contributed by atoms with Crippen molar-refractivity contribution in [1.82, 2.24) is 5.32 Å². The van der Waals surface area contributed by atoms with E-state index in [4.69, 9.17) is 9.47 Å². The molecule has 1 N–H and O–H groups in total. The fraction of sp³-hybridized carbons (Fsp3) is 0.429. The largest absolute Gasteiger partial charge is 0.492 e. The molecule has 0 radical (unpaired) electrons. The van der Waals surface area contributed by atoms with Crippen LogP contribution in [0.4, 0.5) is 4.79 Å². The quantitative estimate of drug-likeness (QED) is 0.857. The van der Waals surface area contributed by atoms with E-state index >= 15 is 0 Å². The van der Waals surface area contributed by atoms with Crippen LogP contribution in [0.15, 0.2) is 18.2 Å². The third-order valence-electron chi connectivity index (χ3n) is 3.05. The van der Waals surface area contributed by atoms with E-state index in [-0.39, 0.29) is 6.04 Å². The summed E-state index contributed by atoms with van der Waals surface area (Å²) in [6.45, 7) is 2.46. The van der Waals surface area contributed by atoms with E-state index < -0.39 is 12.1 Å². The van der Waals surface area contributed by atoms with Gasteiger partial charge < -0.3 is 19.5 Å². The zero-order valence-corrected chi connectivity index (χ0v) is 11.5. The topological polar surface area (TPSA) is 73.9 Å². The second kappa shape index (κ2) is 6.27. The molecule has 0 aromatic heterocycles. The molecule has 0 spiro atoms. The summed E-state index contributed by atoms with van der Waals surface area (Å²) in [7, 11) is 1.31. The number of fused-ring (bicyclic) bond motifs is 1. The maximum absolute atomic E-state index is 11.9. The van der Waals surface area contributed by atoms with E-state index in [2.05, 4.69) is 10.1 Å². The minimum atomic E-state index is -0.510. The number of amides is 1. The van der Waals surface area contributed by atoms with Crippen LogP contribution in [0.25, 0.3) is 0 Å². The number of hydrogen-bond acceptors (Lipinski definition) is 5. The Bertz CT molecular complexity index is 514. The first kappa shape index (κ1) is 14.2. The zero-order chi connectivity index (χ0) is 14.5. The Labute approximate surface area is 117 Å². The second-order valence-electron chi connectivity index (χ2n) is 4.27. The van der Waals surface area contributed by atoms with Crippen LogP contribution >= 0.6 is 0 Å². The van der Waals surface area contributed by atoms with Gasteiger partial charge in [0, 0.05) is 12.0 Å². The number of nitrogens with one attached hydrogen (secondary N) is 1. The number of para-hydroxylation sites is 1. The van der Waals surface area contributed by atoms with Gasteiger partial charge in [-0.2, -0.15) is 0 Å². The molecule has 1 aromatic rings. The molecule has 6 heteroatoms. The van der Waals surface area contributed by atoms with Crippen molar-refractivity contribution in [3.05, 3.63) is 29.3 Å². The van der Waals surface area contributed by atoms with E-state index in [0.717, 1.165) is 5.56 Å². The van der Waals surface area contributed by atoms with Crippen molar-refractivity contribution in [2.45, 2.75) is 19.4 Å². The molecule has 1 amide bonds. The molecule has 0 fully saturated rings. The number of carbonyl (C=O) groups excluding carboxylic acids is 2. The summed E-state index contributed by atoms with van der Waals surface area (Å²) in [6.07, 6.45) is 0.110. The van der Waals surface area contributed by atoms with Crippen molar-refractivity contribution in [3.63, 3.8) is 0 Å². The third kappa shape index (κ3) is 2.84. The standard InChI is InChI=1S/C14H17NO5/c1-3-19-13(16)10-6-4-5-9-11(15-14(17)18-2)7-8-20-12(9)10/h4-6,11H,3,7-8H2,1-2H3,(H,15,17)/t11-/m0/s1. The predicted octanol–water partition coefficient (Wildman–Crippen LogP) is 2.04. The van der Waals surface area contributed by atoms with Crippen molar-refractivity contribution in [2.75, 3.05) is 20.3 Å². The zero-order valence-electron chi connectivity index (χ0n) is 11.5. The summed E-state index contributed by atoms with van der Waals surface area (Å²) >= 11 is 0. The van der Waals surface area contributed by atoms with Gasteiger partial charge in [0.25, 0.3) is 0 Å². The van der Waals surface area contributed by atoms with Crippen LogP contribution in [0.3, 0.4) is 0 Å². The summed E-state index contributed by atoms with van der Waals surface area (Å²) in [5.74, 6) is 0.0432. The molecule has 2 rings (SSSR count). The highest BCUT2D eigenvalue weighted by Crippen LogP contribution is 2.35. The van der Waals surface area contributed by atoms with E-state index in [1.165, 1.54) is 7.11 Å². The highest BCUT2D eigenvalue weighted by atomic mass is 16.5. The fourth-order valence-corrected chi connectivity index (χ4v) is 2.15. The Morgan fingerprint density at radius 2 is 2.25 bits per heavy atom. The molecule has 1 heterocycles. The first-order valence-corrected chi connectivity index (χ1v) is 6.44. The minimum Gasteiger partial charge on any atom is -0.492 e. The highest BCUT2D eigenvalue weighted by molar-refractivity contribution is 5.93. The number of carbonyl (C=O) groups is 2. The van der Waals surface area contributed by atoms with Gasteiger partial charge in [0.15, 0.2) is 0 Å². The smallest absolute Gasteiger partial charge is 0.407 e. The highest BCUT2D eigenvalue weighted by Gasteiger charge is 2.27. The fourth-order valence-electron chi connectivity index (χ4n) is 2.15. The van der Waals surface area contributed by atoms with Crippen molar-refractivity contribution in [1.29, 1.82) is 0 Å². The lowest BCUT2D eigenvalue weighted by Gasteiger charge is -2.27. The van der Waals surface area contributed by atoms with E-state index in [9.17, 15) is 9.59 Å². The maximum atomic E-state index is 11.9. The van der Waals surface area contributed by atoms with Crippen LogP contribution in [0.1, 0.15) is 35.3 Å². The number of methoxy groups -OCH3 is 1. The summed E-state index contributed by atoms with van der Waals surface area (Å²) in [5.41, 5.74) is 1.13. The van der Waals surface area contributed by atoms with Crippen molar-refractivity contribution in [2.24, 2.45) is 0 Å². The van der Waals surface area contributed by atoms with E-state index in [0.29, 0.717) is 30.9 Å². The molecule has 108 valence electrons. The molecule has 1 aliphatic rings. The van der Waals surface area contributed by atoms with Crippen molar-refractivity contribution >= 4 is 12.1 Å². The lowest BCUT2D eigenvalue weighted by molar-refractivity contribution is 0.0520. The van der Waals surface area contributed by atoms with Gasteiger partial charge >= 0.3 is 12.1 Å². The Morgan fingerprint density at radius 1 is 1.45 bits per heavy atom. The molecule has 6 nitrogen and oxygen atoms in total. The molecule has 0 saturated heterocycles. The number of esters is 1. The van der Waals surface area contributed by atoms with Gasteiger partial charge in [-0.05, 0) is 13.0 Å². The van der Waals surface area contributed by atoms with Gasteiger partial charge in [0.05, 0.1) is 26.4 Å². The summed E-state index contributed by atoms with van der Waals surface area (Å²) in [6, 6.07) is 4.97. The van der Waals surface area contributed by atoms with E-state index in [1.54, 1.807) is 19.1 Å². The average molecular weight is 279 g/mol. The van der Waals surface area contributed by atoms with Crippen molar-refractivity contribution < 1.29 is 23.8 Å². The lowest BCUT2D eigenvalue weighted by Crippen LogP contribution is -2.32. The van der Waals surface area contributed by atoms with Gasteiger partial charge in [-0.15, -0.1) is 0 Å². The first-order valence-electron chi connectivity index (χ1n) is 6.44. The van der Waals surface area contributed by atoms with Gasteiger partial charge in [-0.3, -0.25) is 0 Å². The normalized spacial score (nSPS) is 16.6. The van der Waals surface area contributed by atoms with Crippen LogP contribution in [-0.2, 0) is 9.47 Å². The Balaban J connectivity index is 2.31. The first-order chi connectivity index (χ1) is 9.67. The molecule has 1 aromatic carbocycles. The average Bonchev–Trinajstić information content (AvgIpc) is 2.47. The van der Waals surface area contributed by atoms with Crippen LogP contribution in [0.2, 0.25) is 0 Å². The Morgan fingerprint density at radius 3 is 2.95 bits per heavy atom. The minimum absolute atomic E-state index is 0.236. The summed E-state index contributed by atoms with van der Waals surface area (Å²) < 4.78 is 15.2.